The van der Waals surface area contributed by atoms with Crippen molar-refractivity contribution >= 4 is 11.7 Å². The van der Waals surface area contributed by atoms with Gasteiger partial charge in [-0.25, -0.2) is 4.98 Å². The molecule has 116 valence electrons. The average Bonchev–Trinajstić information content (AvgIpc) is 2.45. The minimum Gasteiger partial charge on any atom is -0.384 e. The molecule has 4 heteroatoms. The largest absolute Gasteiger partial charge is 0.384 e. The van der Waals surface area contributed by atoms with Crippen molar-refractivity contribution in [1.82, 2.24) is 9.88 Å². The van der Waals surface area contributed by atoms with E-state index in [0.717, 1.165) is 31.5 Å². The van der Waals surface area contributed by atoms with E-state index >= 15 is 0 Å². The number of hydrogen-bond donors (Lipinski definition) is 1. The summed E-state index contributed by atoms with van der Waals surface area (Å²) in [6, 6.07) is 3.97. The van der Waals surface area contributed by atoms with Gasteiger partial charge in [-0.2, -0.15) is 0 Å². The molecular formula is C17H27N3O. The maximum absolute atomic E-state index is 12.8. The van der Waals surface area contributed by atoms with Crippen molar-refractivity contribution in [3.05, 3.63) is 23.4 Å². The summed E-state index contributed by atoms with van der Waals surface area (Å²) in [6.07, 6.45) is 4.43. The van der Waals surface area contributed by atoms with Gasteiger partial charge in [0.15, 0.2) is 0 Å². The van der Waals surface area contributed by atoms with Gasteiger partial charge >= 0.3 is 0 Å². The van der Waals surface area contributed by atoms with Gasteiger partial charge in [0.2, 0.25) is 0 Å². The first kappa shape index (κ1) is 15.8. The zero-order chi connectivity index (χ0) is 15.6. The topological polar surface area (TPSA) is 59.2 Å². The van der Waals surface area contributed by atoms with E-state index in [0.29, 0.717) is 17.4 Å². The number of nitrogens with two attached hydrogens (primary N) is 1. The summed E-state index contributed by atoms with van der Waals surface area (Å²) >= 11 is 0. The van der Waals surface area contributed by atoms with Gasteiger partial charge in [0.05, 0.1) is 0 Å². The molecule has 2 rings (SSSR count). The lowest BCUT2D eigenvalue weighted by molar-refractivity contribution is 0.0608. The number of hydrogen-bond acceptors (Lipinski definition) is 3. The van der Waals surface area contributed by atoms with Crippen molar-refractivity contribution in [2.24, 2.45) is 0 Å². The van der Waals surface area contributed by atoms with Crippen molar-refractivity contribution in [2.45, 2.75) is 64.8 Å². The number of nitrogen functional groups attached to an aromatic ring is 1. The minimum atomic E-state index is -0.115. The molecule has 1 fully saturated rings. The fourth-order valence-electron chi connectivity index (χ4n) is 2.92. The molecule has 1 aromatic rings. The molecule has 1 aromatic heterocycles. The van der Waals surface area contributed by atoms with Crippen LogP contribution in [0.5, 0.6) is 0 Å². The first-order valence-corrected chi connectivity index (χ1v) is 7.92. The van der Waals surface area contributed by atoms with Crippen LogP contribution < -0.4 is 5.73 Å². The van der Waals surface area contributed by atoms with Crippen molar-refractivity contribution in [3.8, 4) is 0 Å². The second kappa shape index (κ2) is 6.04. The number of nitrogens with zero attached hydrogens (tertiary/aromatic N) is 2. The van der Waals surface area contributed by atoms with Gasteiger partial charge in [0.25, 0.3) is 5.91 Å². The van der Waals surface area contributed by atoms with Crippen LogP contribution in [0.2, 0.25) is 0 Å². The molecule has 1 unspecified atom stereocenters. The van der Waals surface area contributed by atoms with E-state index in [1.807, 2.05) is 11.0 Å². The van der Waals surface area contributed by atoms with E-state index in [1.165, 1.54) is 6.42 Å². The zero-order valence-electron chi connectivity index (χ0n) is 13.6. The fraction of sp³-hybridized carbons (Fsp3) is 0.647. The smallest absolute Gasteiger partial charge is 0.254 e. The van der Waals surface area contributed by atoms with Gasteiger partial charge in [-0.05, 0) is 37.8 Å². The van der Waals surface area contributed by atoms with Crippen LogP contribution in [0.1, 0.15) is 69.4 Å². The maximum Gasteiger partial charge on any atom is 0.254 e. The van der Waals surface area contributed by atoms with Crippen molar-refractivity contribution in [3.63, 3.8) is 0 Å². The van der Waals surface area contributed by atoms with Gasteiger partial charge in [-0.15, -0.1) is 0 Å². The number of pyridine rings is 1. The number of aromatic nitrogens is 1. The maximum atomic E-state index is 12.8. The summed E-state index contributed by atoms with van der Waals surface area (Å²) in [6.45, 7) is 9.25. The number of anilines is 1. The van der Waals surface area contributed by atoms with E-state index in [-0.39, 0.29) is 11.3 Å². The average molecular weight is 289 g/mol. The molecule has 1 atom stereocenters. The Kier molecular flexibility index (Phi) is 4.55. The molecule has 0 bridgehead atoms. The standard InChI is InChI=1S/C17H27N3O/c1-5-13-8-6-7-9-20(13)16(21)12-10-14(17(2,3)4)19-15(18)11-12/h10-11,13H,5-9H2,1-4H3,(H2,18,19). The Hall–Kier alpha value is -1.58. The zero-order valence-corrected chi connectivity index (χ0v) is 13.6. The molecule has 1 aliphatic heterocycles. The normalized spacial score (nSPS) is 19.6. The lowest BCUT2D eigenvalue weighted by Gasteiger charge is -2.35. The molecule has 2 N–H and O–H groups in total. The second-order valence-corrected chi connectivity index (χ2v) is 6.97. The van der Waals surface area contributed by atoms with E-state index in [4.69, 9.17) is 5.73 Å². The Bertz CT molecular complexity index is 519. The summed E-state index contributed by atoms with van der Waals surface area (Å²) in [5.41, 5.74) is 7.34. The van der Waals surface area contributed by atoms with E-state index in [1.54, 1.807) is 6.07 Å². The molecule has 1 saturated heterocycles. The molecule has 21 heavy (non-hydrogen) atoms. The number of rotatable bonds is 2. The van der Waals surface area contributed by atoms with Gasteiger partial charge in [-0.1, -0.05) is 27.7 Å². The van der Waals surface area contributed by atoms with E-state index < -0.39 is 0 Å². The molecular weight excluding hydrogens is 262 g/mol. The van der Waals surface area contributed by atoms with Crippen LogP contribution in [0.4, 0.5) is 5.82 Å². The van der Waals surface area contributed by atoms with Crippen molar-refractivity contribution in [2.75, 3.05) is 12.3 Å². The third-order valence-electron chi connectivity index (χ3n) is 4.22. The Morgan fingerprint density at radius 3 is 2.71 bits per heavy atom. The Morgan fingerprint density at radius 2 is 2.10 bits per heavy atom. The molecule has 0 saturated carbocycles. The summed E-state index contributed by atoms with van der Waals surface area (Å²) in [5.74, 6) is 0.525. The van der Waals surface area contributed by atoms with Crippen LogP contribution in [0.3, 0.4) is 0 Å². The highest BCUT2D eigenvalue weighted by Gasteiger charge is 2.27. The first-order chi connectivity index (χ1) is 9.82. The van der Waals surface area contributed by atoms with Crippen LogP contribution in [0.25, 0.3) is 0 Å². The quantitative estimate of drug-likeness (QED) is 0.908. The Morgan fingerprint density at radius 1 is 1.38 bits per heavy atom. The highest BCUT2D eigenvalue weighted by molar-refractivity contribution is 5.95. The number of likely N-dealkylation sites (tertiary alicyclic amines) is 1. The molecule has 1 amide bonds. The third-order valence-corrected chi connectivity index (χ3v) is 4.22. The molecule has 1 aliphatic rings. The summed E-state index contributed by atoms with van der Waals surface area (Å²) < 4.78 is 0. The van der Waals surface area contributed by atoms with Crippen LogP contribution in [0, 0.1) is 0 Å². The number of amides is 1. The number of carbonyl (C=O) groups is 1. The van der Waals surface area contributed by atoms with Crippen LogP contribution >= 0.6 is 0 Å². The number of carbonyl (C=O) groups excluding carboxylic acids is 1. The SMILES string of the molecule is CCC1CCCCN1C(=O)c1cc(N)nc(C(C)(C)C)c1. The Labute approximate surface area is 127 Å². The van der Waals surface area contributed by atoms with Crippen molar-refractivity contribution in [1.29, 1.82) is 0 Å². The van der Waals surface area contributed by atoms with Crippen molar-refractivity contribution < 1.29 is 4.79 Å². The predicted octanol–water partition coefficient (Wildman–Crippen LogP) is 3.37. The highest BCUT2D eigenvalue weighted by Crippen LogP contribution is 2.26. The fourth-order valence-corrected chi connectivity index (χ4v) is 2.92. The molecule has 0 radical (unpaired) electrons. The summed E-state index contributed by atoms with van der Waals surface area (Å²) in [5, 5.41) is 0. The monoisotopic (exact) mass is 289 g/mol. The van der Waals surface area contributed by atoms with Gasteiger partial charge < -0.3 is 10.6 Å². The Balaban J connectivity index is 2.32. The molecule has 4 nitrogen and oxygen atoms in total. The highest BCUT2D eigenvalue weighted by atomic mass is 16.2. The third kappa shape index (κ3) is 3.55. The second-order valence-electron chi connectivity index (χ2n) is 6.97. The molecule has 0 aromatic carbocycles. The lowest BCUT2D eigenvalue weighted by Crippen LogP contribution is -2.43. The molecule has 0 spiro atoms. The summed E-state index contributed by atoms with van der Waals surface area (Å²) in [7, 11) is 0. The first-order valence-electron chi connectivity index (χ1n) is 7.92. The van der Waals surface area contributed by atoms with Gasteiger partial charge in [-0.3, -0.25) is 4.79 Å². The molecule has 2 heterocycles. The summed E-state index contributed by atoms with van der Waals surface area (Å²) in [4.78, 5) is 19.2. The van der Waals surface area contributed by atoms with E-state index in [2.05, 4.69) is 32.7 Å². The number of piperidine rings is 1. The van der Waals surface area contributed by atoms with Gasteiger partial charge in [0.1, 0.15) is 5.82 Å². The predicted molar refractivity (Wildman–Crippen MR) is 86.3 cm³/mol. The lowest BCUT2D eigenvalue weighted by atomic mass is 9.90. The van der Waals surface area contributed by atoms with Crippen LogP contribution in [-0.2, 0) is 5.41 Å². The molecule has 0 aliphatic carbocycles. The van der Waals surface area contributed by atoms with Crippen LogP contribution in [-0.4, -0.2) is 28.4 Å². The van der Waals surface area contributed by atoms with E-state index in [9.17, 15) is 4.79 Å². The van der Waals surface area contributed by atoms with Gasteiger partial charge in [0, 0.05) is 29.3 Å². The minimum absolute atomic E-state index is 0.0983. The van der Waals surface area contributed by atoms with Crippen LogP contribution in [0.15, 0.2) is 12.1 Å².